The van der Waals surface area contributed by atoms with E-state index in [1.165, 1.54) is 6.92 Å². The first-order valence-electron chi connectivity index (χ1n) is 27.5. The van der Waals surface area contributed by atoms with Crippen molar-refractivity contribution >= 4 is 109 Å². The maximum Gasteiger partial charge on any atom is 0.407 e. The maximum absolute atomic E-state index is 13.2. The molecule has 4 aliphatic rings. The van der Waals surface area contributed by atoms with E-state index in [2.05, 4.69) is 30.3 Å². The van der Waals surface area contributed by atoms with Gasteiger partial charge in [0.2, 0.25) is 15.9 Å². The first-order chi connectivity index (χ1) is 40.9. The summed E-state index contributed by atoms with van der Waals surface area (Å²) in [6, 6.07) is 15.5. The summed E-state index contributed by atoms with van der Waals surface area (Å²) >= 11 is 37.5. The third kappa shape index (κ3) is 14.5. The van der Waals surface area contributed by atoms with Crippen molar-refractivity contribution in [3.05, 3.63) is 152 Å². The van der Waals surface area contributed by atoms with Gasteiger partial charge in [0.1, 0.15) is 0 Å². The summed E-state index contributed by atoms with van der Waals surface area (Å²) in [6.07, 6.45) is 0.879. The van der Waals surface area contributed by atoms with Crippen LogP contribution in [0.4, 0.5) is 4.79 Å². The van der Waals surface area contributed by atoms with Gasteiger partial charge in [0, 0.05) is 146 Å². The molecule has 3 aromatic carbocycles. The summed E-state index contributed by atoms with van der Waals surface area (Å²) in [5, 5.41) is 7.88. The fourth-order valence-corrected chi connectivity index (χ4v) is 13.5. The van der Waals surface area contributed by atoms with Crippen molar-refractivity contribution in [1.29, 1.82) is 0 Å². The molecule has 5 amide bonds. The molecule has 10 rings (SSSR count). The second-order valence-electron chi connectivity index (χ2n) is 20.6. The highest BCUT2D eigenvalue weighted by Crippen LogP contribution is 2.43. The van der Waals surface area contributed by atoms with Crippen LogP contribution in [0.1, 0.15) is 109 Å². The molecule has 0 unspecified atom stereocenters. The van der Waals surface area contributed by atoms with E-state index in [0.29, 0.717) is 149 Å². The molecule has 0 saturated heterocycles. The van der Waals surface area contributed by atoms with Gasteiger partial charge in [0.05, 0.1) is 65.3 Å². The molecule has 9 N–H and O–H groups in total. The second-order valence-corrected chi connectivity index (χ2v) is 25.1. The molecule has 456 valence electrons. The largest absolute Gasteiger partial charge is 0.450 e. The van der Waals surface area contributed by atoms with E-state index in [1.807, 2.05) is 20.8 Å². The molecule has 0 bridgehead atoms. The fraction of sp³-hybridized carbons (Fsp3) is 0.356. The Morgan fingerprint density at radius 1 is 0.558 bits per heavy atom. The van der Waals surface area contributed by atoms with E-state index >= 15 is 0 Å². The molecule has 1 saturated carbocycles. The molecule has 6 aromatic rings. The summed E-state index contributed by atoms with van der Waals surface area (Å²) in [4.78, 5) is 80.8. The molecule has 1 aliphatic carbocycles. The number of aromatic nitrogens is 3. The lowest BCUT2D eigenvalue weighted by Crippen LogP contribution is -2.36. The zero-order valence-electron chi connectivity index (χ0n) is 47.7. The van der Waals surface area contributed by atoms with E-state index in [0.717, 1.165) is 33.8 Å². The zero-order chi connectivity index (χ0) is 62.5. The Labute approximate surface area is 528 Å². The highest BCUT2D eigenvalue weighted by atomic mass is 35.5. The number of hydrogen-bond acceptors (Lipinski definition) is 14. The lowest BCUT2D eigenvalue weighted by Gasteiger charge is -2.17. The van der Waals surface area contributed by atoms with Gasteiger partial charge in [0.15, 0.2) is 0 Å². The zero-order valence-corrected chi connectivity index (χ0v) is 53.1. The molecule has 1 fully saturated rings. The van der Waals surface area contributed by atoms with Crippen molar-refractivity contribution < 1.29 is 37.1 Å². The number of nitrogens with zero attached hydrogens (tertiary/aromatic N) is 6. The lowest BCUT2D eigenvalue weighted by molar-refractivity contribution is -0.119. The number of sulfonamides is 1. The van der Waals surface area contributed by atoms with Crippen molar-refractivity contribution in [3.8, 4) is 33.4 Å². The highest BCUT2D eigenvalue weighted by Gasteiger charge is 2.39. The number of hydrogen-bond donors (Lipinski definition) is 6. The first kappa shape index (κ1) is 65.8. The number of carbonyl (C=O) groups is 5. The van der Waals surface area contributed by atoms with Crippen LogP contribution in [0.3, 0.4) is 0 Å². The molecule has 27 heteroatoms. The average Bonchev–Trinajstić information content (AvgIpc) is 1.55. The number of pyridine rings is 3. The standard InChI is InChI=1S/C20H22Cl2N4O3S.C20H22Cl2N4O3.C19H20Cl2N4O2/c1-11-15(9-23)18(14-5-2-12(21)8-16(14)22)19-17(25-11)10-26(20(19)27)7-6-24-30(28,29)13-3-4-13;1-3-29-20(28)24-6-7-26-10-16-18(19(26)27)17(14(9-23)11(2)25-16)13-5-4-12(21)8-15(13)22;1-10-14(8-22)17(13-4-3-12(20)7-15(13)21)18-16(24-10)9-25(19(18)27)6-5-23-11(2)26/h2,5,8,13,24H,3-4,6-7,9-10,23H2,1H3;4-5,8H,3,6-7,9-10,23H2,1-2H3,(H,24,28);3-4,7H,5-6,8-9,22H2,1-2H3,(H,23,26). The van der Waals surface area contributed by atoms with Gasteiger partial charge in [-0.3, -0.25) is 34.1 Å². The van der Waals surface area contributed by atoms with E-state index < -0.39 is 16.1 Å². The molecule has 0 radical (unpaired) electrons. The summed E-state index contributed by atoms with van der Waals surface area (Å²) in [7, 11) is -3.29. The first-order valence-corrected chi connectivity index (χ1v) is 31.3. The Balaban J connectivity index is 0.000000168. The number of benzene rings is 3. The number of nitrogens with two attached hydrogens (primary N) is 3. The van der Waals surface area contributed by atoms with E-state index in [-0.39, 0.29) is 74.8 Å². The van der Waals surface area contributed by atoms with Gasteiger partial charge >= 0.3 is 6.09 Å². The van der Waals surface area contributed by atoms with Crippen LogP contribution in [0.25, 0.3) is 33.4 Å². The number of alkyl carbamates (subject to hydrolysis) is 1. The van der Waals surface area contributed by atoms with Crippen LogP contribution in [0.15, 0.2) is 54.6 Å². The fourth-order valence-electron chi connectivity index (χ4n) is 10.6. The summed E-state index contributed by atoms with van der Waals surface area (Å²) < 4.78 is 31.5. The molecule has 86 heavy (non-hydrogen) atoms. The van der Waals surface area contributed by atoms with E-state index in [1.54, 1.807) is 76.2 Å². The lowest BCUT2D eigenvalue weighted by atomic mass is 9.93. The molecule has 0 atom stereocenters. The van der Waals surface area contributed by atoms with Gasteiger partial charge in [-0.1, -0.05) is 87.8 Å². The number of carbonyl (C=O) groups excluding carboxylic acids is 5. The van der Waals surface area contributed by atoms with Gasteiger partial charge in [-0.2, -0.15) is 0 Å². The Hall–Kier alpha value is -6.21. The Morgan fingerprint density at radius 2 is 0.895 bits per heavy atom. The van der Waals surface area contributed by atoms with E-state index in [4.69, 9.17) is 91.5 Å². The van der Waals surface area contributed by atoms with Gasteiger partial charge in [0.25, 0.3) is 17.7 Å². The smallest absolute Gasteiger partial charge is 0.407 e. The van der Waals surface area contributed by atoms with Crippen molar-refractivity contribution in [2.45, 2.75) is 92.0 Å². The summed E-state index contributed by atoms with van der Waals surface area (Å²) in [5.74, 6) is -0.654. The van der Waals surface area contributed by atoms with Crippen LogP contribution in [0.5, 0.6) is 0 Å². The van der Waals surface area contributed by atoms with Crippen molar-refractivity contribution in [2.75, 3.05) is 45.9 Å². The number of aryl methyl sites for hydroxylation is 3. The number of rotatable bonds is 18. The minimum atomic E-state index is -3.29. The normalized spacial score (nSPS) is 14.1. The van der Waals surface area contributed by atoms with E-state index in [9.17, 15) is 32.4 Å². The molecule has 0 spiro atoms. The highest BCUT2D eigenvalue weighted by molar-refractivity contribution is 7.90. The molecular weight excluding hydrogens is 1250 g/mol. The summed E-state index contributed by atoms with van der Waals surface area (Å²) in [6.45, 7) is 12.6. The topological polar surface area (TPSA) is 291 Å². The number of fused-ring (bicyclic) bond motifs is 3. The van der Waals surface area contributed by atoms with Crippen LogP contribution in [0, 0.1) is 20.8 Å². The second kappa shape index (κ2) is 28.3. The third-order valence-electron chi connectivity index (χ3n) is 14.8. The summed E-state index contributed by atoms with van der Waals surface area (Å²) in [5.41, 5.74) is 30.2. The Kier molecular flexibility index (Phi) is 21.6. The average molecular weight is 1310 g/mol. The van der Waals surface area contributed by atoms with Crippen molar-refractivity contribution in [3.63, 3.8) is 0 Å². The van der Waals surface area contributed by atoms with Crippen LogP contribution >= 0.6 is 69.6 Å². The minimum Gasteiger partial charge on any atom is -0.450 e. The van der Waals surface area contributed by atoms with Crippen LogP contribution < -0.4 is 32.6 Å². The molecule has 3 aromatic heterocycles. The number of halogens is 6. The quantitative estimate of drug-likeness (QED) is 0.0468. The molecule has 3 aliphatic heterocycles. The van der Waals surface area contributed by atoms with Crippen LogP contribution in [-0.2, 0) is 58.8 Å². The monoisotopic (exact) mass is 1310 g/mol. The minimum absolute atomic E-state index is 0.132. The van der Waals surface area contributed by atoms with Crippen molar-refractivity contribution in [2.24, 2.45) is 17.2 Å². The van der Waals surface area contributed by atoms with Gasteiger partial charge in [-0.25, -0.2) is 17.9 Å². The predicted octanol–water partition coefficient (Wildman–Crippen LogP) is 9.30. The Bertz CT molecular complexity index is 3800. The Morgan fingerprint density at radius 3 is 1.20 bits per heavy atom. The number of ether oxygens (including phenoxy) is 1. The molecule has 20 nitrogen and oxygen atoms in total. The number of amides is 5. The third-order valence-corrected chi connectivity index (χ3v) is 18.4. The number of nitrogens with one attached hydrogen (secondary N) is 3. The molecular formula is C59H64Cl6N12O8S. The van der Waals surface area contributed by atoms with Crippen molar-refractivity contribution in [1.82, 2.24) is 45.0 Å². The SMILES string of the molecule is CC(=O)NCCN1Cc2nc(C)c(CN)c(-c3ccc(Cl)cc3Cl)c2C1=O.CCOC(=O)NCCN1Cc2nc(C)c(CN)c(-c3ccc(Cl)cc3Cl)c2C1=O.Cc1nc2c(c(-c3ccc(Cl)cc3Cl)c1CN)C(=O)N(CCNS(=O)(=O)C1CC1)C2. The van der Waals surface area contributed by atoms with Gasteiger partial charge < -0.3 is 47.3 Å². The van der Waals surface area contributed by atoms with Crippen LogP contribution in [0.2, 0.25) is 30.1 Å². The molecule has 6 heterocycles. The van der Waals surface area contributed by atoms with Crippen LogP contribution in [-0.4, -0.2) is 119 Å². The van der Waals surface area contributed by atoms with Gasteiger partial charge in [-0.05, 0) is 93.6 Å². The maximum atomic E-state index is 13.2. The predicted molar refractivity (Wildman–Crippen MR) is 335 cm³/mol. The van der Waals surface area contributed by atoms with Gasteiger partial charge in [-0.15, -0.1) is 0 Å².